The van der Waals surface area contributed by atoms with Gasteiger partial charge in [0.1, 0.15) is 5.60 Å². The fourth-order valence-electron chi connectivity index (χ4n) is 2.00. The van der Waals surface area contributed by atoms with E-state index < -0.39 is 35.0 Å². The van der Waals surface area contributed by atoms with Gasteiger partial charge in [-0.1, -0.05) is 0 Å². The Morgan fingerprint density at radius 3 is 1.96 bits per heavy atom. The van der Waals surface area contributed by atoms with E-state index in [4.69, 9.17) is 10.5 Å². The van der Waals surface area contributed by atoms with Gasteiger partial charge >= 0.3 is 18.3 Å². The molecule has 6 nitrogen and oxygen atoms in total. The number of hydrogen-bond acceptors (Lipinski definition) is 3. The predicted molar refractivity (Wildman–Crippen MR) is 87.0 cm³/mol. The molecule has 0 atom stereocenters. The summed E-state index contributed by atoms with van der Waals surface area (Å²) in [7, 11) is 0. The minimum atomic E-state index is -4.63. The molecule has 0 aliphatic carbocycles. The Kier molecular flexibility index (Phi) is 5.61. The summed E-state index contributed by atoms with van der Waals surface area (Å²) in [6, 6.07) is 1.96. The van der Waals surface area contributed by atoms with Crippen LogP contribution in [0.5, 0.6) is 0 Å². The van der Waals surface area contributed by atoms with Crippen LogP contribution in [-0.4, -0.2) is 17.7 Å². The van der Waals surface area contributed by atoms with Crippen molar-refractivity contribution in [3.63, 3.8) is 0 Å². The van der Waals surface area contributed by atoms with E-state index >= 15 is 0 Å². The van der Waals surface area contributed by atoms with E-state index in [9.17, 15) is 22.8 Å². The van der Waals surface area contributed by atoms with Crippen molar-refractivity contribution < 1.29 is 27.5 Å². The quantitative estimate of drug-likeness (QED) is 0.761. The summed E-state index contributed by atoms with van der Waals surface area (Å²) in [6.45, 7) is 8.02. The van der Waals surface area contributed by atoms with Crippen LogP contribution in [0.15, 0.2) is 18.2 Å². The Bertz CT molecular complexity index is 665. The molecular formula is C16H22F3N3O3. The Morgan fingerprint density at radius 1 is 1.00 bits per heavy atom. The molecule has 140 valence electrons. The molecule has 0 aromatic heterocycles. The van der Waals surface area contributed by atoms with Crippen molar-refractivity contribution in [2.24, 2.45) is 5.73 Å². The molecule has 0 saturated carbocycles. The number of nitrogens with two attached hydrogens (primary N) is 1. The molecule has 0 saturated heterocycles. The zero-order chi connectivity index (χ0) is 19.6. The molecule has 0 heterocycles. The van der Waals surface area contributed by atoms with Crippen LogP contribution in [0.3, 0.4) is 0 Å². The topological polar surface area (TPSA) is 93.4 Å². The highest BCUT2D eigenvalue weighted by Gasteiger charge is 2.34. The zero-order valence-corrected chi connectivity index (χ0v) is 14.7. The van der Waals surface area contributed by atoms with Gasteiger partial charge in [-0.15, -0.1) is 0 Å². The van der Waals surface area contributed by atoms with E-state index in [1.54, 1.807) is 20.8 Å². The number of anilines is 1. The Hall–Kier alpha value is -2.45. The average molecular weight is 361 g/mol. The van der Waals surface area contributed by atoms with Crippen molar-refractivity contribution in [3.8, 4) is 0 Å². The van der Waals surface area contributed by atoms with Gasteiger partial charge in [0.15, 0.2) is 0 Å². The second-order valence-electron chi connectivity index (χ2n) is 7.04. The number of hydrogen-bond donors (Lipinski definition) is 3. The summed E-state index contributed by atoms with van der Waals surface area (Å²) in [5, 5.41) is 4.63. The molecular weight excluding hydrogens is 339 g/mol. The third kappa shape index (κ3) is 6.52. The van der Waals surface area contributed by atoms with E-state index in [-0.39, 0.29) is 11.3 Å². The first-order valence-corrected chi connectivity index (χ1v) is 7.40. The summed E-state index contributed by atoms with van der Waals surface area (Å²) >= 11 is 0. The lowest BCUT2D eigenvalue weighted by Crippen LogP contribution is -2.44. The molecule has 1 aromatic carbocycles. The molecule has 0 spiro atoms. The number of alkyl carbamates (subject to hydrolysis) is 1. The Balaban J connectivity index is 3.23. The highest BCUT2D eigenvalue weighted by molar-refractivity contribution is 5.88. The summed E-state index contributed by atoms with van der Waals surface area (Å²) < 4.78 is 44.4. The fourth-order valence-corrected chi connectivity index (χ4v) is 2.00. The van der Waals surface area contributed by atoms with Crippen molar-refractivity contribution in [3.05, 3.63) is 29.3 Å². The molecule has 0 aliphatic heterocycles. The SMILES string of the molecule is CC(C)(C)OC(=O)NC(C)(C)c1cc(NC(N)=O)cc(C(F)(F)F)c1. The minimum Gasteiger partial charge on any atom is -0.444 e. The fraction of sp³-hybridized carbons (Fsp3) is 0.500. The van der Waals surface area contributed by atoms with Gasteiger partial charge < -0.3 is 21.1 Å². The van der Waals surface area contributed by atoms with E-state index in [1.807, 2.05) is 0 Å². The molecule has 0 unspecified atom stereocenters. The van der Waals surface area contributed by atoms with Crippen molar-refractivity contribution >= 4 is 17.8 Å². The number of amides is 3. The lowest BCUT2D eigenvalue weighted by molar-refractivity contribution is -0.137. The van der Waals surface area contributed by atoms with Gasteiger partial charge in [-0.2, -0.15) is 13.2 Å². The lowest BCUT2D eigenvalue weighted by Gasteiger charge is -2.30. The number of carbonyl (C=O) groups is 2. The molecule has 3 amide bonds. The molecule has 0 aliphatic rings. The molecule has 4 N–H and O–H groups in total. The van der Waals surface area contributed by atoms with Crippen LogP contribution in [0.1, 0.15) is 45.7 Å². The molecule has 0 fully saturated rings. The largest absolute Gasteiger partial charge is 0.444 e. The number of alkyl halides is 3. The first-order valence-electron chi connectivity index (χ1n) is 7.40. The van der Waals surface area contributed by atoms with Gasteiger partial charge in [-0.05, 0) is 58.4 Å². The summed E-state index contributed by atoms with van der Waals surface area (Å²) in [5.74, 6) is 0. The summed E-state index contributed by atoms with van der Waals surface area (Å²) in [4.78, 5) is 22.9. The maximum atomic E-state index is 13.1. The van der Waals surface area contributed by atoms with Crippen molar-refractivity contribution in [2.45, 2.75) is 51.9 Å². The van der Waals surface area contributed by atoms with E-state index in [1.165, 1.54) is 19.9 Å². The van der Waals surface area contributed by atoms with Crippen LogP contribution >= 0.6 is 0 Å². The third-order valence-electron chi connectivity index (χ3n) is 3.06. The predicted octanol–water partition coefficient (Wildman–Crippen LogP) is 3.96. The standard InChI is InChI=1S/C16H22F3N3O3/c1-14(2,3)25-13(24)22-15(4,5)9-6-10(16(17,18)19)8-11(7-9)21-12(20)23/h6-8H,1-5H3,(H,22,24)(H3,20,21,23). The summed E-state index contributed by atoms with van der Waals surface area (Å²) in [6.07, 6.45) is -5.41. The first kappa shape index (κ1) is 20.6. The van der Waals surface area contributed by atoms with Crippen LogP contribution in [0.2, 0.25) is 0 Å². The van der Waals surface area contributed by atoms with E-state index in [0.717, 1.165) is 12.1 Å². The molecule has 1 rings (SSSR count). The van der Waals surface area contributed by atoms with Gasteiger partial charge in [-0.3, -0.25) is 0 Å². The number of urea groups is 1. The lowest BCUT2D eigenvalue weighted by atomic mass is 9.92. The van der Waals surface area contributed by atoms with Gasteiger partial charge in [0.05, 0.1) is 11.1 Å². The van der Waals surface area contributed by atoms with Crippen LogP contribution in [-0.2, 0) is 16.5 Å². The Labute approximate surface area is 143 Å². The van der Waals surface area contributed by atoms with Crippen LogP contribution in [0.25, 0.3) is 0 Å². The number of primary amides is 1. The van der Waals surface area contributed by atoms with Crippen LogP contribution in [0.4, 0.5) is 28.4 Å². The van der Waals surface area contributed by atoms with Crippen LogP contribution in [0, 0.1) is 0 Å². The molecule has 1 aromatic rings. The normalized spacial score (nSPS) is 12.5. The zero-order valence-electron chi connectivity index (χ0n) is 14.7. The van der Waals surface area contributed by atoms with Gasteiger partial charge in [0.2, 0.25) is 0 Å². The first-order chi connectivity index (χ1) is 11.1. The van der Waals surface area contributed by atoms with E-state index in [0.29, 0.717) is 0 Å². The maximum Gasteiger partial charge on any atom is 0.416 e. The molecule has 9 heteroatoms. The second kappa shape index (κ2) is 6.81. The highest BCUT2D eigenvalue weighted by atomic mass is 19.4. The minimum absolute atomic E-state index is 0.122. The summed E-state index contributed by atoms with van der Waals surface area (Å²) in [5.41, 5.74) is 2.03. The maximum absolute atomic E-state index is 13.1. The monoisotopic (exact) mass is 361 g/mol. The molecule has 0 radical (unpaired) electrons. The van der Waals surface area contributed by atoms with Gasteiger partial charge in [0, 0.05) is 5.69 Å². The van der Waals surface area contributed by atoms with Crippen molar-refractivity contribution in [1.82, 2.24) is 5.32 Å². The van der Waals surface area contributed by atoms with Crippen molar-refractivity contribution in [1.29, 1.82) is 0 Å². The number of rotatable bonds is 3. The number of carbonyl (C=O) groups excluding carboxylic acids is 2. The van der Waals surface area contributed by atoms with Gasteiger partial charge in [0.25, 0.3) is 0 Å². The molecule has 0 bridgehead atoms. The van der Waals surface area contributed by atoms with Crippen molar-refractivity contribution in [2.75, 3.05) is 5.32 Å². The number of benzene rings is 1. The molecule has 25 heavy (non-hydrogen) atoms. The number of nitrogens with one attached hydrogen (secondary N) is 2. The average Bonchev–Trinajstić information content (AvgIpc) is 2.33. The van der Waals surface area contributed by atoms with Gasteiger partial charge in [-0.25, -0.2) is 9.59 Å². The highest BCUT2D eigenvalue weighted by Crippen LogP contribution is 2.34. The second-order valence-corrected chi connectivity index (χ2v) is 7.04. The third-order valence-corrected chi connectivity index (χ3v) is 3.06. The smallest absolute Gasteiger partial charge is 0.416 e. The number of ether oxygens (including phenoxy) is 1. The Morgan fingerprint density at radius 2 is 1.52 bits per heavy atom. The van der Waals surface area contributed by atoms with E-state index in [2.05, 4.69) is 10.6 Å². The number of halogens is 3. The van der Waals surface area contributed by atoms with Crippen LogP contribution < -0.4 is 16.4 Å².